The van der Waals surface area contributed by atoms with Crippen molar-refractivity contribution < 1.29 is 4.39 Å². The molecule has 1 aromatic heterocycles. The van der Waals surface area contributed by atoms with Gasteiger partial charge in [0.2, 0.25) is 0 Å². The summed E-state index contributed by atoms with van der Waals surface area (Å²) in [4.78, 5) is 7.97. The van der Waals surface area contributed by atoms with E-state index in [1.54, 1.807) is 13.0 Å². The van der Waals surface area contributed by atoms with Gasteiger partial charge in [-0.1, -0.05) is 11.6 Å². The van der Waals surface area contributed by atoms with Gasteiger partial charge < -0.3 is 0 Å². The summed E-state index contributed by atoms with van der Waals surface area (Å²) in [5.41, 5.74) is 0.539. The van der Waals surface area contributed by atoms with Crippen molar-refractivity contribution in [3.63, 3.8) is 0 Å². The largest absolute Gasteiger partial charge is 0.241 e. The zero-order chi connectivity index (χ0) is 9.42. The molecule has 0 saturated heterocycles. The molecule has 2 nitrogen and oxygen atoms in total. The normalized spacial score (nSPS) is 10.7. The predicted molar refractivity (Wildman–Crippen MR) is 49.2 cm³/mol. The van der Waals surface area contributed by atoms with Crippen LogP contribution in [0.4, 0.5) is 4.39 Å². The fraction of sp³-hybridized carbons (Fsp3) is 0.111. The Kier molecular flexibility index (Phi) is 1.88. The number of rotatable bonds is 0. The zero-order valence-electron chi connectivity index (χ0n) is 6.88. The minimum atomic E-state index is -0.387. The Morgan fingerprint density at radius 2 is 2.15 bits per heavy atom. The highest BCUT2D eigenvalue weighted by molar-refractivity contribution is 6.31. The molecule has 4 heteroatoms. The molecule has 0 aliphatic carbocycles. The lowest BCUT2D eigenvalue weighted by Crippen LogP contribution is -1.90. The van der Waals surface area contributed by atoms with Crippen LogP contribution in [0, 0.1) is 12.7 Å². The fourth-order valence-electron chi connectivity index (χ4n) is 1.15. The summed E-state index contributed by atoms with van der Waals surface area (Å²) in [6.45, 7) is 1.75. The van der Waals surface area contributed by atoms with E-state index in [1.807, 2.05) is 0 Å². The topological polar surface area (TPSA) is 25.8 Å². The standard InChI is InChI=1S/C9H6ClFN2/c1-5-12-4-7-8(11)2-6(10)3-9(7)13-5/h2-4H,1H3. The van der Waals surface area contributed by atoms with Crippen molar-refractivity contribution >= 4 is 22.5 Å². The van der Waals surface area contributed by atoms with Crippen LogP contribution in [0.2, 0.25) is 5.02 Å². The Morgan fingerprint density at radius 3 is 2.92 bits per heavy atom. The number of aromatic nitrogens is 2. The van der Waals surface area contributed by atoms with Crippen LogP contribution >= 0.6 is 11.6 Å². The predicted octanol–water partition coefficient (Wildman–Crippen LogP) is 2.73. The Morgan fingerprint density at radius 1 is 1.38 bits per heavy atom. The van der Waals surface area contributed by atoms with Crippen molar-refractivity contribution in [1.82, 2.24) is 9.97 Å². The zero-order valence-corrected chi connectivity index (χ0v) is 7.64. The molecule has 0 spiro atoms. The number of benzene rings is 1. The quantitative estimate of drug-likeness (QED) is 0.648. The van der Waals surface area contributed by atoms with Crippen molar-refractivity contribution in [2.75, 3.05) is 0 Å². The van der Waals surface area contributed by atoms with Gasteiger partial charge in [0.25, 0.3) is 0 Å². The van der Waals surface area contributed by atoms with E-state index in [0.717, 1.165) is 0 Å². The lowest BCUT2D eigenvalue weighted by Gasteiger charge is -1.99. The second-order valence-electron chi connectivity index (χ2n) is 2.74. The Bertz CT molecular complexity index is 465. The molecule has 0 radical (unpaired) electrons. The maximum atomic E-state index is 13.2. The van der Waals surface area contributed by atoms with Crippen molar-refractivity contribution in [3.8, 4) is 0 Å². The van der Waals surface area contributed by atoms with E-state index in [4.69, 9.17) is 11.6 Å². The molecule has 1 aromatic carbocycles. The van der Waals surface area contributed by atoms with Crippen LogP contribution < -0.4 is 0 Å². The second-order valence-corrected chi connectivity index (χ2v) is 3.17. The SMILES string of the molecule is Cc1ncc2c(F)cc(Cl)cc2n1. The Labute approximate surface area is 79.4 Å². The summed E-state index contributed by atoms with van der Waals surface area (Å²) in [6, 6.07) is 2.87. The van der Waals surface area contributed by atoms with E-state index < -0.39 is 0 Å². The van der Waals surface area contributed by atoms with Gasteiger partial charge in [-0.2, -0.15) is 0 Å². The van der Waals surface area contributed by atoms with E-state index in [-0.39, 0.29) is 5.82 Å². The van der Waals surface area contributed by atoms with Crippen LogP contribution in [-0.2, 0) is 0 Å². The number of aryl methyl sites for hydroxylation is 1. The highest BCUT2D eigenvalue weighted by atomic mass is 35.5. The first kappa shape index (κ1) is 8.38. The number of hydrogen-bond acceptors (Lipinski definition) is 2. The third-order valence-electron chi connectivity index (χ3n) is 1.74. The van der Waals surface area contributed by atoms with E-state index in [9.17, 15) is 4.39 Å². The van der Waals surface area contributed by atoms with Gasteiger partial charge in [0.1, 0.15) is 11.6 Å². The van der Waals surface area contributed by atoms with Crippen molar-refractivity contribution in [3.05, 3.63) is 35.0 Å². The first-order valence-electron chi connectivity index (χ1n) is 3.75. The number of halogens is 2. The monoisotopic (exact) mass is 196 g/mol. The summed E-state index contributed by atoms with van der Waals surface area (Å²) < 4.78 is 13.2. The molecule has 0 atom stereocenters. The molecule has 0 N–H and O–H groups in total. The molecule has 1 heterocycles. The lowest BCUT2D eigenvalue weighted by molar-refractivity contribution is 0.639. The first-order valence-corrected chi connectivity index (χ1v) is 4.13. The van der Waals surface area contributed by atoms with Crippen LogP contribution in [0.15, 0.2) is 18.3 Å². The van der Waals surface area contributed by atoms with Gasteiger partial charge in [0.05, 0.1) is 10.9 Å². The van der Waals surface area contributed by atoms with Crippen LogP contribution in [0.1, 0.15) is 5.82 Å². The van der Waals surface area contributed by atoms with Gasteiger partial charge >= 0.3 is 0 Å². The minimum absolute atomic E-state index is 0.350. The molecule has 0 unspecified atom stereocenters. The average Bonchev–Trinajstić information content (AvgIpc) is 2.02. The molecule has 0 fully saturated rings. The smallest absolute Gasteiger partial charge is 0.135 e. The van der Waals surface area contributed by atoms with Crippen molar-refractivity contribution in [2.45, 2.75) is 6.92 Å². The Balaban J connectivity index is 2.86. The third-order valence-corrected chi connectivity index (χ3v) is 1.95. The molecule has 2 aromatic rings. The van der Waals surface area contributed by atoms with Crippen LogP contribution in [0.5, 0.6) is 0 Å². The summed E-state index contributed by atoms with van der Waals surface area (Å²) in [5, 5.41) is 0.748. The maximum absolute atomic E-state index is 13.2. The molecule has 2 rings (SSSR count). The lowest BCUT2D eigenvalue weighted by atomic mass is 10.2. The minimum Gasteiger partial charge on any atom is -0.241 e. The molecule has 0 bridgehead atoms. The molecule has 66 valence electrons. The summed E-state index contributed by atoms with van der Waals surface area (Å²) in [7, 11) is 0. The summed E-state index contributed by atoms with van der Waals surface area (Å²) in [6.07, 6.45) is 1.46. The van der Waals surface area contributed by atoms with E-state index in [0.29, 0.717) is 21.7 Å². The van der Waals surface area contributed by atoms with Gasteiger partial charge in [0.15, 0.2) is 0 Å². The van der Waals surface area contributed by atoms with E-state index in [1.165, 1.54) is 12.3 Å². The Hall–Kier alpha value is -1.22. The first-order chi connectivity index (χ1) is 6.16. The third kappa shape index (κ3) is 1.47. The van der Waals surface area contributed by atoms with E-state index >= 15 is 0 Å². The molecule has 0 amide bonds. The number of nitrogens with zero attached hydrogens (tertiary/aromatic N) is 2. The molecule has 13 heavy (non-hydrogen) atoms. The van der Waals surface area contributed by atoms with Gasteiger partial charge in [-0.25, -0.2) is 14.4 Å². The van der Waals surface area contributed by atoms with Gasteiger partial charge in [-0.05, 0) is 19.1 Å². The number of hydrogen-bond donors (Lipinski definition) is 0. The van der Waals surface area contributed by atoms with Crippen LogP contribution in [0.3, 0.4) is 0 Å². The summed E-state index contributed by atoms with van der Waals surface area (Å²) in [5.74, 6) is 0.219. The van der Waals surface area contributed by atoms with Gasteiger partial charge in [-0.3, -0.25) is 0 Å². The van der Waals surface area contributed by atoms with Gasteiger partial charge in [-0.15, -0.1) is 0 Å². The fourth-order valence-corrected chi connectivity index (χ4v) is 1.35. The van der Waals surface area contributed by atoms with Crippen LogP contribution in [0.25, 0.3) is 10.9 Å². The van der Waals surface area contributed by atoms with Gasteiger partial charge in [0, 0.05) is 11.2 Å². The highest BCUT2D eigenvalue weighted by Gasteiger charge is 2.04. The summed E-state index contributed by atoms with van der Waals surface area (Å²) >= 11 is 5.68. The van der Waals surface area contributed by atoms with Crippen molar-refractivity contribution in [2.24, 2.45) is 0 Å². The van der Waals surface area contributed by atoms with E-state index in [2.05, 4.69) is 9.97 Å². The molecule has 0 aliphatic heterocycles. The number of fused-ring (bicyclic) bond motifs is 1. The van der Waals surface area contributed by atoms with Crippen LogP contribution in [-0.4, -0.2) is 9.97 Å². The molecule has 0 saturated carbocycles. The molecular weight excluding hydrogens is 191 g/mol. The van der Waals surface area contributed by atoms with Crippen molar-refractivity contribution in [1.29, 1.82) is 0 Å². The molecular formula is C9H6ClFN2. The highest BCUT2D eigenvalue weighted by Crippen LogP contribution is 2.20. The molecule has 0 aliphatic rings. The maximum Gasteiger partial charge on any atom is 0.135 e. The average molecular weight is 197 g/mol. The second kappa shape index (κ2) is 2.92.